The highest BCUT2D eigenvalue weighted by Crippen LogP contribution is 2.25. The van der Waals surface area contributed by atoms with Crippen LogP contribution < -0.4 is 0 Å². The molecule has 2 fully saturated rings. The van der Waals surface area contributed by atoms with Gasteiger partial charge in [-0.3, -0.25) is 4.90 Å². The smallest absolute Gasteiger partial charge is 0.243 e. The molecule has 2 saturated heterocycles. The summed E-state index contributed by atoms with van der Waals surface area (Å²) >= 11 is 0. The van der Waals surface area contributed by atoms with Crippen molar-refractivity contribution in [3.05, 3.63) is 29.8 Å². The largest absolute Gasteiger partial charge is 0.298 e. The van der Waals surface area contributed by atoms with Gasteiger partial charge in [0.2, 0.25) is 10.0 Å². The molecule has 0 aromatic heterocycles. The van der Waals surface area contributed by atoms with Crippen LogP contribution in [0.2, 0.25) is 0 Å². The van der Waals surface area contributed by atoms with Crippen molar-refractivity contribution in [3.8, 4) is 6.07 Å². The molecule has 5 nitrogen and oxygen atoms in total. The van der Waals surface area contributed by atoms with Crippen molar-refractivity contribution in [2.24, 2.45) is 0 Å². The zero-order chi connectivity index (χ0) is 14.2. The van der Waals surface area contributed by atoms with Gasteiger partial charge in [-0.25, -0.2) is 8.42 Å². The van der Waals surface area contributed by atoms with Crippen molar-refractivity contribution in [2.45, 2.75) is 23.8 Å². The average Bonchev–Trinajstić information content (AvgIpc) is 2.94. The fraction of sp³-hybridized carbons (Fsp3) is 0.500. The van der Waals surface area contributed by atoms with Gasteiger partial charge in [0.15, 0.2) is 0 Å². The molecule has 1 unspecified atom stereocenters. The van der Waals surface area contributed by atoms with Gasteiger partial charge in [0.1, 0.15) is 0 Å². The fourth-order valence-corrected chi connectivity index (χ4v) is 4.57. The Morgan fingerprint density at radius 2 is 2.10 bits per heavy atom. The first-order valence-corrected chi connectivity index (χ1v) is 8.29. The van der Waals surface area contributed by atoms with Gasteiger partial charge in [0.25, 0.3) is 0 Å². The van der Waals surface area contributed by atoms with Crippen LogP contribution in [0.5, 0.6) is 0 Å². The van der Waals surface area contributed by atoms with Crippen molar-refractivity contribution >= 4 is 10.0 Å². The maximum absolute atomic E-state index is 12.6. The van der Waals surface area contributed by atoms with E-state index in [0.717, 1.165) is 25.9 Å². The lowest BCUT2D eigenvalue weighted by atomic mass is 10.2. The van der Waals surface area contributed by atoms with Crippen LogP contribution in [0.1, 0.15) is 18.4 Å². The predicted octanol–water partition coefficient (Wildman–Crippen LogP) is 1.03. The van der Waals surface area contributed by atoms with Crippen LogP contribution in [-0.4, -0.2) is 49.8 Å². The Morgan fingerprint density at radius 3 is 2.90 bits per heavy atom. The van der Waals surface area contributed by atoms with E-state index >= 15 is 0 Å². The highest BCUT2D eigenvalue weighted by atomic mass is 32.2. The molecular weight excluding hydrogens is 274 g/mol. The highest BCUT2D eigenvalue weighted by Gasteiger charge is 2.36. The van der Waals surface area contributed by atoms with Crippen molar-refractivity contribution in [1.29, 1.82) is 5.26 Å². The lowest BCUT2D eigenvalue weighted by Crippen LogP contribution is -2.51. The van der Waals surface area contributed by atoms with E-state index in [1.165, 1.54) is 6.07 Å². The monoisotopic (exact) mass is 291 g/mol. The summed E-state index contributed by atoms with van der Waals surface area (Å²) in [5.74, 6) is 0. The molecule has 2 aliphatic heterocycles. The molecule has 2 aliphatic rings. The second kappa shape index (κ2) is 5.17. The summed E-state index contributed by atoms with van der Waals surface area (Å²) in [5.41, 5.74) is 0.380. The molecule has 1 aromatic carbocycles. The molecule has 0 saturated carbocycles. The minimum Gasteiger partial charge on any atom is -0.298 e. The Balaban J connectivity index is 1.86. The van der Waals surface area contributed by atoms with Crippen LogP contribution >= 0.6 is 0 Å². The maximum atomic E-state index is 12.6. The standard InChI is InChI=1S/C14H17N3O2S/c15-10-12-3-1-5-14(9-12)20(18,19)17-8-7-16-6-2-4-13(16)11-17/h1,3,5,9,13H,2,4,6-8,11H2. The topological polar surface area (TPSA) is 64.4 Å². The molecule has 0 bridgehead atoms. The van der Waals surface area contributed by atoms with Crippen molar-refractivity contribution in [2.75, 3.05) is 26.2 Å². The summed E-state index contributed by atoms with van der Waals surface area (Å²) in [6.45, 7) is 3.00. The molecule has 0 amide bonds. The molecule has 6 heteroatoms. The molecule has 3 rings (SSSR count). The molecule has 0 aliphatic carbocycles. The second-order valence-corrected chi connectivity index (χ2v) is 7.27. The number of hydrogen-bond donors (Lipinski definition) is 0. The lowest BCUT2D eigenvalue weighted by Gasteiger charge is -2.36. The summed E-state index contributed by atoms with van der Waals surface area (Å²) < 4.78 is 26.8. The number of piperazine rings is 1. The third kappa shape index (κ3) is 2.33. The quantitative estimate of drug-likeness (QED) is 0.816. The van der Waals surface area contributed by atoms with Crippen molar-refractivity contribution in [1.82, 2.24) is 9.21 Å². The Hall–Kier alpha value is -1.42. The van der Waals surface area contributed by atoms with Crippen LogP contribution in [0, 0.1) is 11.3 Å². The number of fused-ring (bicyclic) bond motifs is 1. The first kappa shape index (κ1) is 13.6. The van der Waals surface area contributed by atoms with E-state index in [9.17, 15) is 8.42 Å². The Labute approximate surface area is 119 Å². The van der Waals surface area contributed by atoms with Gasteiger partial charge in [-0.05, 0) is 37.6 Å². The molecule has 2 heterocycles. The van der Waals surface area contributed by atoms with Gasteiger partial charge in [-0.2, -0.15) is 9.57 Å². The van der Waals surface area contributed by atoms with E-state index in [4.69, 9.17) is 5.26 Å². The molecule has 20 heavy (non-hydrogen) atoms. The Bertz CT molecular complexity index is 651. The SMILES string of the molecule is N#Cc1cccc(S(=O)(=O)N2CCN3CCCC3C2)c1. The number of benzene rings is 1. The molecule has 1 atom stereocenters. The molecule has 0 N–H and O–H groups in total. The van der Waals surface area contributed by atoms with Crippen LogP contribution in [0.3, 0.4) is 0 Å². The third-order valence-electron chi connectivity index (χ3n) is 4.15. The summed E-state index contributed by atoms with van der Waals surface area (Å²) in [4.78, 5) is 2.60. The van der Waals surface area contributed by atoms with E-state index in [2.05, 4.69) is 4.90 Å². The second-order valence-electron chi connectivity index (χ2n) is 5.33. The minimum absolute atomic E-state index is 0.225. The first-order valence-electron chi connectivity index (χ1n) is 6.85. The van der Waals surface area contributed by atoms with Crippen molar-refractivity contribution in [3.63, 3.8) is 0 Å². The summed E-state index contributed by atoms with van der Waals surface area (Å²) in [5, 5.41) is 8.90. The van der Waals surface area contributed by atoms with Gasteiger partial charge < -0.3 is 0 Å². The number of nitrogens with zero attached hydrogens (tertiary/aromatic N) is 3. The minimum atomic E-state index is -3.48. The van der Waals surface area contributed by atoms with Crippen LogP contribution in [0.4, 0.5) is 0 Å². The molecular formula is C14H17N3O2S. The van der Waals surface area contributed by atoms with Crippen LogP contribution in [-0.2, 0) is 10.0 Å². The predicted molar refractivity (Wildman–Crippen MR) is 74.5 cm³/mol. The van der Waals surface area contributed by atoms with E-state index in [-0.39, 0.29) is 4.90 Å². The molecule has 0 spiro atoms. The molecule has 106 valence electrons. The zero-order valence-corrected chi connectivity index (χ0v) is 12.0. The number of sulfonamides is 1. The van der Waals surface area contributed by atoms with E-state index < -0.39 is 10.0 Å². The number of hydrogen-bond acceptors (Lipinski definition) is 4. The maximum Gasteiger partial charge on any atom is 0.243 e. The molecule has 0 radical (unpaired) electrons. The van der Waals surface area contributed by atoms with Gasteiger partial charge >= 0.3 is 0 Å². The Morgan fingerprint density at radius 1 is 1.25 bits per heavy atom. The van der Waals surface area contributed by atoms with Crippen LogP contribution in [0.25, 0.3) is 0 Å². The lowest BCUT2D eigenvalue weighted by molar-refractivity contribution is 0.158. The first-order chi connectivity index (χ1) is 9.61. The molecule has 1 aromatic rings. The Kier molecular flexibility index (Phi) is 3.50. The summed E-state index contributed by atoms with van der Waals surface area (Å²) in [6.07, 6.45) is 2.23. The number of nitriles is 1. The number of rotatable bonds is 2. The fourth-order valence-electron chi connectivity index (χ4n) is 3.06. The van der Waals surface area contributed by atoms with Gasteiger partial charge in [0.05, 0.1) is 16.5 Å². The highest BCUT2D eigenvalue weighted by molar-refractivity contribution is 7.89. The van der Waals surface area contributed by atoms with Crippen LogP contribution in [0.15, 0.2) is 29.2 Å². The van der Waals surface area contributed by atoms with Gasteiger partial charge in [-0.15, -0.1) is 0 Å². The average molecular weight is 291 g/mol. The zero-order valence-electron chi connectivity index (χ0n) is 11.2. The van der Waals surface area contributed by atoms with E-state index in [0.29, 0.717) is 24.7 Å². The van der Waals surface area contributed by atoms with E-state index in [1.807, 2.05) is 6.07 Å². The van der Waals surface area contributed by atoms with Gasteiger partial charge in [0, 0.05) is 25.7 Å². The third-order valence-corrected chi connectivity index (χ3v) is 6.01. The van der Waals surface area contributed by atoms with E-state index in [1.54, 1.807) is 22.5 Å². The van der Waals surface area contributed by atoms with Crippen molar-refractivity contribution < 1.29 is 8.42 Å². The van der Waals surface area contributed by atoms with Gasteiger partial charge in [-0.1, -0.05) is 6.07 Å². The summed E-state index contributed by atoms with van der Waals surface area (Å²) in [6, 6.07) is 8.61. The normalized spacial score (nSPS) is 24.2. The summed E-state index contributed by atoms with van der Waals surface area (Å²) in [7, 11) is -3.48.